The van der Waals surface area contributed by atoms with E-state index in [9.17, 15) is 8.78 Å². The average Bonchev–Trinajstić information content (AvgIpc) is 3.00. The lowest BCUT2D eigenvalue weighted by atomic mass is 10.4. The van der Waals surface area contributed by atoms with E-state index < -0.39 is 13.0 Å². The van der Waals surface area contributed by atoms with Crippen molar-refractivity contribution < 1.29 is 18.4 Å². The summed E-state index contributed by atoms with van der Waals surface area (Å²) in [5, 5.41) is 12.5. The normalized spacial score (nSPS) is 16.1. The molecule has 0 aliphatic heterocycles. The molecule has 1 aliphatic carbocycles. The lowest BCUT2D eigenvalue weighted by Gasteiger charge is -2.18. The molecule has 7 heteroatoms. The van der Waals surface area contributed by atoms with Crippen molar-refractivity contribution in [1.82, 2.24) is 15.0 Å². The van der Waals surface area contributed by atoms with Gasteiger partial charge in [0.05, 0.1) is 19.7 Å². The van der Waals surface area contributed by atoms with Crippen molar-refractivity contribution in [3.63, 3.8) is 0 Å². The number of aliphatic hydroxyl groups is 1. The Bertz CT molecular complexity index is 355. The Morgan fingerprint density at radius 1 is 1.47 bits per heavy atom. The standard InChI is InChI=1S/C10H15F2N3O2/c11-8(12)5-15(3-4-16)6-9-13-10(17-14-9)7-1-2-7/h7-8,16H,1-6H2. The number of aromatic nitrogens is 2. The highest BCUT2D eigenvalue weighted by Gasteiger charge is 2.29. The van der Waals surface area contributed by atoms with Gasteiger partial charge in [0, 0.05) is 12.5 Å². The van der Waals surface area contributed by atoms with Crippen LogP contribution in [0.25, 0.3) is 0 Å². The Morgan fingerprint density at radius 2 is 2.24 bits per heavy atom. The van der Waals surface area contributed by atoms with Crippen LogP contribution in [0.3, 0.4) is 0 Å². The summed E-state index contributed by atoms with van der Waals surface area (Å²) < 4.78 is 29.6. The van der Waals surface area contributed by atoms with Crippen LogP contribution in [-0.4, -0.2) is 46.3 Å². The number of halogens is 2. The van der Waals surface area contributed by atoms with Gasteiger partial charge in [-0.15, -0.1) is 0 Å². The minimum absolute atomic E-state index is 0.167. The summed E-state index contributed by atoms with van der Waals surface area (Å²) >= 11 is 0. The first-order chi connectivity index (χ1) is 8.19. The van der Waals surface area contributed by atoms with E-state index in [1.807, 2.05) is 0 Å². The number of hydrogen-bond acceptors (Lipinski definition) is 5. The molecule has 0 spiro atoms. The van der Waals surface area contributed by atoms with Crippen LogP contribution in [0.2, 0.25) is 0 Å². The summed E-state index contributed by atoms with van der Waals surface area (Å²) in [5.41, 5.74) is 0. The van der Waals surface area contributed by atoms with Crippen LogP contribution in [0.5, 0.6) is 0 Å². The molecule has 0 saturated heterocycles. The minimum Gasteiger partial charge on any atom is -0.395 e. The molecule has 0 unspecified atom stereocenters. The molecule has 1 heterocycles. The van der Waals surface area contributed by atoms with Crippen molar-refractivity contribution in [3.05, 3.63) is 11.7 Å². The highest BCUT2D eigenvalue weighted by molar-refractivity contribution is 5.01. The van der Waals surface area contributed by atoms with Gasteiger partial charge in [-0.3, -0.25) is 4.90 Å². The van der Waals surface area contributed by atoms with Crippen LogP contribution in [0.4, 0.5) is 8.78 Å². The quantitative estimate of drug-likeness (QED) is 0.779. The molecule has 1 aromatic heterocycles. The summed E-state index contributed by atoms with van der Waals surface area (Å²) in [4.78, 5) is 5.56. The van der Waals surface area contributed by atoms with Crippen molar-refractivity contribution in [2.75, 3.05) is 19.7 Å². The first-order valence-corrected chi connectivity index (χ1v) is 5.63. The van der Waals surface area contributed by atoms with E-state index >= 15 is 0 Å². The molecule has 1 saturated carbocycles. The molecular formula is C10H15F2N3O2. The van der Waals surface area contributed by atoms with Gasteiger partial charge >= 0.3 is 0 Å². The molecule has 0 bridgehead atoms. The van der Waals surface area contributed by atoms with Gasteiger partial charge in [0.15, 0.2) is 5.82 Å². The van der Waals surface area contributed by atoms with E-state index in [4.69, 9.17) is 9.63 Å². The number of alkyl halides is 2. The maximum atomic E-state index is 12.3. The molecule has 1 aliphatic rings. The molecule has 1 N–H and O–H groups in total. The third kappa shape index (κ3) is 3.71. The van der Waals surface area contributed by atoms with Crippen molar-refractivity contribution >= 4 is 0 Å². The van der Waals surface area contributed by atoms with Crippen molar-refractivity contribution in [1.29, 1.82) is 0 Å². The van der Waals surface area contributed by atoms with E-state index in [1.54, 1.807) is 0 Å². The van der Waals surface area contributed by atoms with Crippen molar-refractivity contribution in [3.8, 4) is 0 Å². The minimum atomic E-state index is -2.43. The van der Waals surface area contributed by atoms with Gasteiger partial charge in [-0.05, 0) is 12.8 Å². The van der Waals surface area contributed by atoms with Gasteiger partial charge < -0.3 is 9.63 Å². The van der Waals surface area contributed by atoms with Crippen LogP contribution >= 0.6 is 0 Å². The van der Waals surface area contributed by atoms with Gasteiger partial charge in [-0.1, -0.05) is 5.16 Å². The zero-order valence-electron chi connectivity index (χ0n) is 9.35. The Hall–Kier alpha value is -1.08. The Labute approximate surface area is 97.4 Å². The molecule has 96 valence electrons. The largest absolute Gasteiger partial charge is 0.395 e. The van der Waals surface area contributed by atoms with Gasteiger partial charge in [0.25, 0.3) is 6.43 Å². The molecule has 0 atom stereocenters. The topological polar surface area (TPSA) is 62.4 Å². The SMILES string of the molecule is OCCN(Cc1noc(C2CC2)n1)CC(F)F. The van der Waals surface area contributed by atoms with E-state index in [2.05, 4.69) is 10.1 Å². The van der Waals surface area contributed by atoms with E-state index in [0.29, 0.717) is 17.6 Å². The van der Waals surface area contributed by atoms with Crippen LogP contribution in [0.15, 0.2) is 4.52 Å². The molecule has 1 fully saturated rings. The predicted molar refractivity (Wildman–Crippen MR) is 54.6 cm³/mol. The second-order valence-electron chi connectivity index (χ2n) is 4.17. The maximum Gasteiger partial charge on any atom is 0.251 e. The van der Waals surface area contributed by atoms with Crippen LogP contribution in [-0.2, 0) is 6.54 Å². The lowest BCUT2D eigenvalue weighted by Crippen LogP contribution is -2.31. The molecule has 0 radical (unpaired) electrons. The summed E-state index contributed by atoms with van der Waals surface area (Å²) in [5.74, 6) is 1.36. The highest BCUT2D eigenvalue weighted by atomic mass is 19.3. The third-order valence-electron chi connectivity index (χ3n) is 2.59. The number of rotatable bonds is 7. The van der Waals surface area contributed by atoms with Crippen LogP contribution in [0.1, 0.15) is 30.5 Å². The maximum absolute atomic E-state index is 12.3. The lowest BCUT2D eigenvalue weighted by molar-refractivity contribution is 0.0729. The molecular weight excluding hydrogens is 232 g/mol. The summed E-state index contributed by atoms with van der Waals surface area (Å²) in [7, 11) is 0. The second kappa shape index (κ2) is 5.50. The summed E-state index contributed by atoms with van der Waals surface area (Å²) in [6.45, 7) is -0.202. The summed E-state index contributed by atoms with van der Waals surface area (Å²) in [6, 6.07) is 0. The van der Waals surface area contributed by atoms with Gasteiger partial charge in [-0.2, -0.15) is 4.98 Å². The van der Waals surface area contributed by atoms with Gasteiger partial charge in [0.2, 0.25) is 5.89 Å². The Morgan fingerprint density at radius 3 is 2.82 bits per heavy atom. The number of aliphatic hydroxyl groups excluding tert-OH is 1. The van der Waals surface area contributed by atoms with E-state index in [1.165, 1.54) is 4.90 Å². The second-order valence-corrected chi connectivity index (χ2v) is 4.17. The fraction of sp³-hybridized carbons (Fsp3) is 0.800. The van der Waals surface area contributed by atoms with Crippen molar-refractivity contribution in [2.24, 2.45) is 0 Å². The number of nitrogens with zero attached hydrogens (tertiary/aromatic N) is 3. The van der Waals surface area contributed by atoms with Gasteiger partial charge in [-0.25, -0.2) is 8.78 Å². The molecule has 0 aromatic carbocycles. The fourth-order valence-electron chi connectivity index (χ4n) is 1.60. The Balaban J connectivity index is 1.90. The van der Waals surface area contributed by atoms with E-state index in [-0.39, 0.29) is 19.7 Å². The molecule has 1 aromatic rings. The highest BCUT2D eigenvalue weighted by Crippen LogP contribution is 2.38. The van der Waals surface area contributed by atoms with E-state index in [0.717, 1.165) is 12.8 Å². The summed E-state index contributed by atoms with van der Waals surface area (Å²) in [6.07, 6.45) is -0.325. The first kappa shape index (κ1) is 12.4. The van der Waals surface area contributed by atoms with Crippen LogP contribution < -0.4 is 0 Å². The average molecular weight is 247 g/mol. The molecule has 0 amide bonds. The predicted octanol–water partition coefficient (Wildman–Crippen LogP) is 1.01. The number of hydrogen-bond donors (Lipinski definition) is 1. The fourth-order valence-corrected chi connectivity index (χ4v) is 1.60. The zero-order valence-corrected chi connectivity index (χ0v) is 9.35. The third-order valence-corrected chi connectivity index (χ3v) is 2.59. The molecule has 5 nitrogen and oxygen atoms in total. The molecule has 2 rings (SSSR count). The van der Waals surface area contributed by atoms with Crippen LogP contribution in [0, 0.1) is 0 Å². The van der Waals surface area contributed by atoms with Crippen molar-refractivity contribution in [2.45, 2.75) is 31.7 Å². The monoisotopic (exact) mass is 247 g/mol. The molecule has 17 heavy (non-hydrogen) atoms. The Kier molecular flexibility index (Phi) is 4.01. The first-order valence-electron chi connectivity index (χ1n) is 5.63. The zero-order chi connectivity index (χ0) is 12.3. The van der Waals surface area contributed by atoms with Gasteiger partial charge in [0.1, 0.15) is 0 Å². The smallest absolute Gasteiger partial charge is 0.251 e.